The van der Waals surface area contributed by atoms with E-state index in [9.17, 15) is 0 Å². The molecule has 0 aliphatic heterocycles. The second-order valence-corrected chi connectivity index (χ2v) is 4.59. The molecule has 2 rings (SSSR count). The molecule has 0 radical (unpaired) electrons. The molecule has 0 aromatic heterocycles. The van der Waals surface area contributed by atoms with E-state index in [-0.39, 0.29) is 0 Å². The zero-order valence-corrected chi connectivity index (χ0v) is 13.0. The van der Waals surface area contributed by atoms with Gasteiger partial charge in [0.25, 0.3) is 0 Å². The molecule has 0 unspecified atom stereocenters. The van der Waals surface area contributed by atoms with Crippen LogP contribution in [0.2, 0.25) is 0 Å². The van der Waals surface area contributed by atoms with Crippen molar-refractivity contribution < 1.29 is 14.3 Å². The van der Waals surface area contributed by atoms with Crippen molar-refractivity contribution in [2.24, 2.45) is 5.16 Å². The van der Waals surface area contributed by atoms with Crippen LogP contribution in [0.3, 0.4) is 0 Å². The van der Waals surface area contributed by atoms with E-state index in [1.54, 1.807) is 6.21 Å². The Morgan fingerprint density at radius 2 is 1.45 bits per heavy atom. The first kappa shape index (κ1) is 15.9. The van der Waals surface area contributed by atoms with Crippen molar-refractivity contribution in [2.75, 3.05) is 13.2 Å². The molecule has 0 aliphatic rings. The van der Waals surface area contributed by atoms with Crippen LogP contribution in [0.4, 0.5) is 0 Å². The van der Waals surface area contributed by atoms with Gasteiger partial charge in [0, 0.05) is 0 Å². The van der Waals surface area contributed by atoms with E-state index in [0.29, 0.717) is 13.2 Å². The van der Waals surface area contributed by atoms with Gasteiger partial charge in [0.15, 0.2) is 0 Å². The summed E-state index contributed by atoms with van der Waals surface area (Å²) >= 11 is 0. The minimum atomic E-state index is 0.374. The highest BCUT2D eigenvalue weighted by atomic mass is 16.6. The molecule has 116 valence electrons. The number of oxime groups is 1. The third-order valence-corrected chi connectivity index (χ3v) is 2.99. The van der Waals surface area contributed by atoms with Crippen LogP contribution in [-0.4, -0.2) is 19.4 Å². The van der Waals surface area contributed by atoms with Crippen molar-refractivity contribution in [1.29, 1.82) is 0 Å². The summed E-state index contributed by atoms with van der Waals surface area (Å²) in [6, 6.07) is 15.6. The number of aryl methyl sites for hydroxylation is 1. The van der Waals surface area contributed by atoms with E-state index < -0.39 is 0 Å². The largest absolute Gasteiger partial charge is 0.488 e. The van der Waals surface area contributed by atoms with E-state index in [2.05, 4.69) is 24.2 Å². The first-order valence-corrected chi connectivity index (χ1v) is 7.45. The van der Waals surface area contributed by atoms with Crippen LogP contribution in [0.25, 0.3) is 0 Å². The molecule has 0 fully saturated rings. The normalized spacial score (nSPS) is 10.6. The van der Waals surface area contributed by atoms with Gasteiger partial charge in [-0.15, -0.1) is 0 Å². The van der Waals surface area contributed by atoms with Crippen molar-refractivity contribution in [2.45, 2.75) is 20.3 Å². The van der Waals surface area contributed by atoms with Crippen molar-refractivity contribution in [3.63, 3.8) is 0 Å². The zero-order chi connectivity index (χ0) is 15.6. The van der Waals surface area contributed by atoms with Crippen molar-refractivity contribution in [1.82, 2.24) is 0 Å². The van der Waals surface area contributed by atoms with Crippen LogP contribution >= 0.6 is 0 Å². The quantitative estimate of drug-likeness (QED) is 0.534. The average molecular weight is 299 g/mol. The fourth-order valence-electron chi connectivity index (χ4n) is 1.82. The number of nitrogens with zero attached hydrogens (tertiary/aromatic N) is 1. The molecule has 2 aromatic carbocycles. The number of ether oxygens (including phenoxy) is 2. The molecular weight excluding hydrogens is 278 g/mol. The third kappa shape index (κ3) is 5.13. The van der Waals surface area contributed by atoms with Gasteiger partial charge in [-0.05, 0) is 55.3 Å². The summed E-state index contributed by atoms with van der Waals surface area (Å²) in [6.45, 7) is 4.95. The van der Waals surface area contributed by atoms with Gasteiger partial charge in [0.2, 0.25) is 0 Å². The van der Waals surface area contributed by atoms with Gasteiger partial charge in [0.05, 0.1) is 6.21 Å². The summed E-state index contributed by atoms with van der Waals surface area (Å²) in [6.07, 6.45) is 2.61. The summed E-state index contributed by atoms with van der Waals surface area (Å²) in [5.74, 6) is 2.37. The maximum Gasteiger partial charge on any atom is 0.127 e. The van der Waals surface area contributed by atoms with E-state index in [1.807, 2.05) is 43.3 Å². The summed E-state index contributed by atoms with van der Waals surface area (Å²) in [4.78, 5) is 4.84. The Labute approximate surface area is 131 Å². The van der Waals surface area contributed by atoms with Gasteiger partial charge >= 0.3 is 0 Å². The first-order valence-electron chi connectivity index (χ1n) is 7.45. The molecule has 0 amide bonds. The minimum Gasteiger partial charge on any atom is -0.488 e. The van der Waals surface area contributed by atoms with E-state index in [0.717, 1.165) is 23.7 Å². The van der Waals surface area contributed by atoms with Crippen LogP contribution < -0.4 is 9.47 Å². The van der Waals surface area contributed by atoms with Gasteiger partial charge in [-0.25, -0.2) is 0 Å². The monoisotopic (exact) mass is 299 g/mol. The molecule has 4 nitrogen and oxygen atoms in total. The van der Waals surface area contributed by atoms with Crippen molar-refractivity contribution >= 4 is 6.21 Å². The molecule has 0 atom stereocenters. The predicted molar refractivity (Wildman–Crippen MR) is 87.9 cm³/mol. The zero-order valence-electron chi connectivity index (χ0n) is 13.0. The van der Waals surface area contributed by atoms with Crippen LogP contribution in [-0.2, 0) is 11.3 Å². The molecule has 0 bridgehead atoms. The Kier molecular flexibility index (Phi) is 6.30. The van der Waals surface area contributed by atoms with E-state index in [4.69, 9.17) is 14.3 Å². The van der Waals surface area contributed by atoms with Crippen molar-refractivity contribution in [3.05, 3.63) is 54.1 Å². The summed E-state index contributed by atoms with van der Waals surface area (Å²) in [5.41, 5.74) is 1.30. The highest BCUT2D eigenvalue weighted by molar-refractivity contribution is 5.58. The second-order valence-electron chi connectivity index (χ2n) is 4.59. The van der Waals surface area contributed by atoms with Crippen molar-refractivity contribution in [3.8, 4) is 17.2 Å². The molecule has 0 N–H and O–H groups in total. The smallest absolute Gasteiger partial charge is 0.127 e. The number of hydrogen-bond donors (Lipinski definition) is 0. The van der Waals surface area contributed by atoms with Gasteiger partial charge in [-0.1, -0.05) is 24.2 Å². The van der Waals surface area contributed by atoms with Crippen LogP contribution in [0, 0.1) is 0 Å². The molecule has 2 aromatic rings. The molecule has 0 saturated carbocycles. The van der Waals surface area contributed by atoms with E-state index >= 15 is 0 Å². The highest BCUT2D eigenvalue weighted by Gasteiger charge is 1.99. The van der Waals surface area contributed by atoms with Gasteiger partial charge < -0.3 is 14.3 Å². The second kappa shape index (κ2) is 8.72. The lowest BCUT2D eigenvalue weighted by Gasteiger charge is -2.08. The Morgan fingerprint density at radius 3 is 2.05 bits per heavy atom. The number of rotatable bonds is 8. The SMILES string of the molecule is CCO/N=C/COc1ccc(Oc2ccc(CC)cc2)cc1. The summed E-state index contributed by atoms with van der Waals surface area (Å²) in [5, 5.41) is 3.72. The standard InChI is InChI=1S/C18H21NO3/c1-3-15-5-7-17(8-6-15)22-18-11-9-16(10-12-18)20-14-13-19-21-4-2/h5-13H,3-4,14H2,1-2H3/b19-13+. The minimum absolute atomic E-state index is 0.374. The van der Waals surface area contributed by atoms with Crippen LogP contribution in [0.15, 0.2) is 53.7 Å². The van der Waals surface area contributed by atoms with Crippen LogP contribution in [0.1, 0.15) is 19.4 Å². The molecule has 0 heterocycles. The van der Waals surface area contributed by atoms with Gasteiger partial charge in [0.1, 0.15) is 30.5 Å². The maximum absolute atomic E-state index is 5.79. The Hall–Kier alpha value is -2.49. The Balaban J connectivity index is 1.85. The lowest BCUT2D eigenvalue weighted by atomic mass is 10.2. The third-order valence-electron chi connectivity index (χ3n) is 2.99. The molecule has 22 heavy (non-hydrogen) atoms. The Bertz CT molecular complexity index is 576. The molecule has 4 heteroatoms. The number of hydrogen-bond acceptors (Lipinski definition) is 4. The predicted octanol–water partition coefficient (Wildman–Crippen LogP) is 4.44. The summed E-state index contributed by atoms with van der Waals surface area (Å²) < 4.78 is 11.3. The van der Waals surface area contributed by atoms with Gasteiger partial charge in [-0.3, -0.25) is 0 Å². The van der Waals surface area contributed by atoms with Crippen LogP contribution in [0.5, 0.6) is 17.2 Å². The van der Waals surface area contributed by atoms with Gasteiger partial charge in [-0.2, -0.15) is 0 Å². The Morgan fingerprint density at radius 1 is 0.864 bits per heavy atom. The van der Waals surface area contributed by atoms with E-state index in [1.165, 1.54) is 5.56 Å². The lowest BCUT2D eigenvalue weighted by Crippen LogP contribution is -1.98. The fourth-order valence-corrected chi connectivity index (χ4v) is 1.82. The molecule has 0 saturated heterocycles. The maximum atomic E-state index is 5.79. The molecule has 0 aliphatic carbocycles. The highest BCUT2D eigenvalue weighted by Crippen LogP contribution is 2.24. The number of benzene rings is 2. The summed E-state index contributed by atoms with van der Waals surface area (Å²) in [7, 11) is 0. The average Bonchev–Trinajstić information content (AvgIpc) is 2.57. The lowest BCUT2D eigenvalue weighted by molar-refractivity contribution is 0.158. The topological polar surface area (TPSA) is 40.0 Å². The molecule has 0 spiro atoms. The molecular formula is C18H21NO3. The fraction of sp³-hybridized carbons (Fsp3) is 0.278. The first-order chi connectivity index (χ1) is 10.8.